The number of cyclic esters (lactones) is 2. The average Bonchev–Trinajstić information content (AvgIpc) is 1.56. The molecule has 5 aliphatic heterocycles. The van der Waals surface area contributed by atoms with Gasteiger partial charge in [0.1, 0.15) is 43.2 Å². The van der Waals surface area contributed by atoms with Crippen LogP contribution in [-0.4, -0.2) is 234 Å². The van der Waals surface area contributed by atoms with E-state index in [0.717, 1.165) is 0 Å². The van der Waals surface area contributed by atoms with Gasteiger partial charge < -0.3 is 165 Å². The lowest BCUT2D eigenvalue weighted by Gasteiger charge is -2.43. The zero-order chi connectivity index (χ0) is 73.5. The Bertz CT molecular complexity index is 4840. The number of benzene rings is 7. The number of fused-ring (bicyclic) bond motifs is 13. The molecular formula is C61H44O40. The average molecular weight is 1420 g/mol. The van der Waals surface area contributed by atoms with Crippen LogP contribution in [0.15, 0.2) is 42.5 Å². The van der Waals surface area contributed by atoms with Gasteiger partial charge in [-0.2, -0.15) is 0 Å². The van der Waals surface area contributed by atoms with Crippen molar-refractivity contribution in [1.82, 2.24) is 0 Å². The number of aliphatic hydroxyl groups is 3. The largest absolute Gasteiger partial charge is 0.504 e. The van der Waals surface area contributed by atoms with Gasteiger partial charge >= 0.3 is 41.8 Å². The maximum atomic E-state index is 15.2. The van der Waals surface area contributed by atoms with Crippen molar-refractivity contribution in [1.29, 1.82) is 0 Å². The first-order chi connectivity index (χ1) is 47.5. The maximum Gasteiger partial charge on any atom is 0.344 e. The van der Waals surface area contributed by atoms with Crippen molar-refractivity contribution in [3.63, 3.8) is 0 Å². The minimum atomic E-state index is -2.66. The van der Waals surface area contributed by atoms with Gasteiger partial charge in [-0.25, -0.2) is 33.6 Å². The number of esters is 7. The standard InChI is InChI=1S/C61H44O40/c62-17-1-10-26(39(75)32(17)68)28-12(3-19(64)34(70)41(28)77)55(86)97-49-24(8-92-53(10)84)96-61(47(83)46(49)82)101-59(90)16-6-22(67)37(73)45(81)48(16)94-23-7-15-31(44(80)38(23)74)27-11(2-18(63)33(69)40(27)76)54(85)93-9-25-50(98-58(15)89)51-52(60(91)95-25)100-57(88)14-5-21(66)36(72)43(79)30(14)29-13(56(87)99-51)4-20(65)35(71)42(29)78/h1-7,24-25,46-47,49-52,60-83,91H,8-9H2/t24-,25-,46-,47-,49-,50-,51+,52-,60?,61+/m1/s1. The summed E-state index contributed by atoms with van der Waals surface area (Å²) in [6, 6.07) is 2.41. The number of aliphatic hydroxyl groups excluding tert-OH is 3. The molecule has 0 saturated carbocycles. The lowest BCUT2D eigenvalue weighted by molar-refractivity contribution is -0.284. The molecule has 7 aromatic rings. The molecule has 0 radical (unpaired) electrons. The van der Waals surface area contributed by atoms with E-state index in [4.69, 9.17) is 47.4 Å². The lowest BCUT2D eigenvalue weighted by Crippen LogP contribution is -2.62. The fourth-order valence-electron chi connectivity index (χ4n) is 11.5. The van der Waals surface area contributed by atoms with Crippen LogP contribution in [0, 0.1) is 0 Å². The van der Waals surface area contributed by atoms with Crippen LogP contribution in [0.1, 0.15) is 72.5 Å². The van der Waals surface area contributed by atoms with Gasteiger partial charge in [-0.1, -0.05) is 0 Å². The van der Waals surface area contributed by atoms with Crippen LogP contribution in [0.5, 0.6) is 126 Å². The maximum absolute atomic E-state index is 15.2. The monoisotopic (exact) mass is 1420 g/mol. The Labute approximate surface area is 554 Å². The Balaban J connectivity index is 0.933. The zero-order valence-electron chi connectivity index (χ0n) is 49.5. The highest BCUT2D eigenvalue weighted by atomic mass is 16.7. The van der Waals surface area contributed by atoms with Crippen LogP contribution in [-0.2, 0) is 42.6 Å². The molecule has 7 aromatic carbocycles. The molecule has 5 heterocycles. The summed E-state index contributed by atoms with van der Waals surface area (Å²) in [5, 5.41) is 253. The Morgan fingerprint density at radius 2 is 0.653 bits per heavy atom. The topological polar surface area (TPSA) is 677 Å². The van der Waals surface area contributed by atoms with E-state index in [1.807, 2.05) is 0 Å². The van der Waals surface area contributed by atoms with Crippen LogP contribution in [0.4, 0.5) is 0 Å². The molecule has 0 amide bonds. The van der Waals surface area contributed by atoms with Gasteiger partial charge in [0.2, 0.25) is 52.3 Å². The molecule has 10 atom stereocenters. The van der Waals surface area contributed by atoms with Gasteiger partial charge in [0.15, 0.2) is 111 Å². The highest BCUT2D eigenvalue weighted by Crippen LogP contribution is 2.59. The van der Waals surface area contributed by atoms with Gasteiger partial charge in [0.05, 0.1) is 33.4 Å². The summed E-state index contributed by atoms with van der Waals surface area (Å²) in [4.78, 5) is 100. The van der Waals surface area contributed by atoms with Crippen molar-refractivity contribution in [3.05, 3.63) is 81.4 Å². The third-order valence-electron chi connectivity index (χ3n) is 16.4. The Kier molecular flexibility index (Phi) is 16.2. The molecular weight excluding hydrogens is 1370 g/mol. The van der Waals surface area contributed by atoms with E-state index in [0.29, 0.717) is 30.3 Å². The van der Waals surface area contributed by atoms with Crippen molar-refractivity contribution in [3.8, 4) is 160 Å². The molecule has 2 fully saturated rings. The number of phenols is 20. The molecule has 0 bridgehead atoms. The molecule has 528 valence electrons. The molecule has 40 heteroatoms. The number of hydrogen-bond donors (Lipinski definition) is 23. The summed E-state index contributed by atoms with van der Waals surface area (Å²) >= 11 is 0. The van der Waals surface area contributed by atoms with Gasteiger partial charge in [-0.05, 0) is 30.3 Å². The normalized spacial score (nSPS) is 22.5. The van der Waals surface area contributed by atoms with Gasteiger partial charge in [0, 0.05) is 45.5 Å². The number of carbonyl (C=O) groups excluding carboxylic acids is 7. The van der Waals surface area contributed by atoms with Crippen LogP contribution in [0.2, 0.25) is 0 Å². The van der Waals surface area contributed by atoms with E-state index < -0.39 is 315 Å². The van der Waals surface area contributed by atoms with Gasteiger partial charge in [-0.3, -0.25) is 0 Å². The summed E-state index contributed by atoms with van der Waals surface area (Å²) in [5.41, 5.74) is -15.3. The predicted octanol–water partition coefficient (Wildman–Crippen LogP) is 0.769. The summed E-state index contributed by atoms with van der Waals surface area (Å²) < 4.78 is 55.0. The third kappa shape index (κ3) is 10.7. The van der Waals surface area contributed by atoms with Crippen LogP contribution in [0.25, 0.3) is 33.4 Å². The highest BCUT2D eigenvalue weighted by molar-refractivity contribution is 6.12. The van der Waals surface area contributed by atoms with Crippen LogP contribution < -0.4 is 4.74 Å². The molecule has 40 nitrogen and oxygen atoms in total. The number of carbonyl (C=O) groups is 7. The second-order valence-corrected chi connectivity index (χ2v) is 22.3. The van der Waals surface area contributed by atoms with Crippen molar-refractivity contribution >= 4 is 41.8 Å². The first-order valence-corrected chi connectivity index (χ1v) is 28.2. The van der Waals surface area contributed by atoms with E-state index in [1.54, 1.807) is 0 Å². The third-order valence-corrected chi connectivity index (χ3v) is 16.4. The van der Waals surface area contributed by atoms with E-state index in [9.17, 15) is 146 Å². The molecule has 0 spiro atoms. The molecule has 1 unspecified atom stereocenters. The summed E-state index contributed by atoms with van der Waals surface area (Å²) in [5.74, 6) is -45.3. The molecule has 23 N–H and O–H groups in total. The second-order valence-electron chi connectivity index (χ2n) is 22.3. The smallest absolute Gasteiger partial charge is 0.344 e. The number of phenolic OH excluding ortho intramolecular Hbond substituents is 20. The summed E-state index contributed by atoms with van der Waals surface area (Å²) in [7, 11) is 0. The summed E-state index contributed by atoms with van der Waals surface area (Å²) in [6.45, 7) is -2.60. The molecule has 12 rings (SSSR count). The SMILES string of the molecule is O=C(O[C@@H]1O[C@@H]2COC(=O)c3cc(O)c(O)c(O)c3-c3c(cc(O)c(O)c3O)C(=O)O[C@H]2[C@H](O)[C@H]1O)c1cc(O)c(O)c(O)c1Oc1cc2c(c(O)c1O)-c1c(cc(O)c(O)c1O)C(=O)OC[C@H]1OC(O)[C@@H]3OC(=O)c4cc(O)c(O)c(O)c4-c4c(cc(O)c(O)c4O)C(=O)O[C@H]3[C@@H]1OC2=O. The van der Waals surface area contributed by atoms with Crippen molar-refractivity contribution in [2.45, 2.75) is 61.4 Å². The summed E-state index contributed by atoms with van der Waals surface area (Å²) in [6.07, 6.45) is -24.9. The number of rotatable bonds is 4. The second kappa shape index (κ2) is 24.2. The van der Waals surface area contributed by atoms with Crippen molar-refractivity contribution in [2.24, 2.45) is 0 Å². The molecule has 2 saturated heterocycles. The Morgan fingerprint density at radius 3 is 1.06 bits per heavy atom. The van der Waals surface area contributed by atoms with E-state index in [-0.39, 0.29) is 12.1 Å². The van der Waals surface area contributed by atoms with E-state index in [2.05, 4.69) is 0 Å². The van der Waals surface area contributed by atoms with Crippen molar-refractivity contribution < 1.29 is 198 Å². The zero-order valence-corrected chi connectivity index (χ0v) is 49.5. The fourth-order valence-corrected chi connectivity index (χ4v) is 11.5. The minimum Gasteiger partial charge on any atom is -0.504 e. The fraction of sp³-hybridized carbons (Fsp3) is 0.197. The van der Waals surface area contributed by atoms with Gasteiger partial charge in [0.25, 0.3) is 0 Å². The quantitative estimate of drug-likeness (QED) is 0.0657. The molecule has 0 aliphatic carbocycles. The first kappa shape index (κ1) is 67.4. The number of hydrogen-bond acceptors (Lipinski definition) is 40. The van der Waals surface area contributed by atoms with E-state index >= 15 is 4.79 Å². The minimum absolute atomic E-state index is 0.224. The Morgan fingerprint density at radius 1 is 0.337 bits per heavy atom. The van der Waals surface area contributed by atoms with Gasteiger partial charge in [-0.15, -0.1) is 0 Å². The first-order valence-electron chi connectivity index (χ1n) is 28.2. The highest BCUT2D eigenvalue weighted by Gasteiger charge is 2.55. The molecule has 0 aromatic heterocycles. The van der Waals surface area contributed by atoms with E-state index in [1.165, 1.54) is 0 Å². The number of ether oxygens (including phenoxy) is 10. The van der Waals surface area contributed by atoms with Crippen LogP contribution >= 0.6 is 0 Å². The Hall–Kier alpha value is -13.6. The lowest BCUT2D eigenvalue weighted by atomic mass is 9.91. The number of aromatic hydroxyl groups is 20. The van der Waals surface area contributed by atoms with Crippen LogP contribution in [0.3, 0.4) is 0 Å². The van der Waals surface area contributed by atoms with Crippen molar-refractivity contribution in [2.75, 3.05) is 13.2 Å². The molecule has 5 aliphatic rings. The predicted molar refractivity (Wildman–Crippen MR) is 310 cm³/mol. The molecule has 101 heavy (non-hydrogen) atoms.